The van der Waals surface area contributed by atoms with Crippen molar-refractivity contribution < 1.29 is 9.50 Å². The highest BCUT2D eigenvalue weighted by Crippen LogP contribution is 2.26. The smallest absolute Gasteiger partial charge is 0.142 e. The van der Waals surface area contributed by atoms with Crippen LogP contribution in [-0.4, -0.2) is 16.2 Å². The Balaban J connectivity index is 2.30. The summed E-state index contributed by atoms with van der Waals surface area (Å²) < 4.78 is 12.9. The highest BCUT2D eigenvalue weighted by Gasteiger charge is 2.12. The maximum Gasteiger partial charge on any atom is 0.142 e. The van der Waals surface area contributed by atoms with E-state index in [1.807, 2.05) is 0 Å². The minimum atomic E-state index is -0.387. The maximum absolute atomic E-state index is 12.9. The highest BCUT2D eigenvalue weighted by atomic mass is 19.1. The van der Waals surface area contributed by atoms with Crippen molar-refractivity contribution in [2.45, 2.75) is 25.4 Å². The number of aromatic nitrogens is 1. The van der Waals surface area contributed by atoms with E-state index in [2.05, 4.69) is 4.98 Å². The number of nitrogens with zero attached hydrogens (tertiary/aromatic N) is 1. The summed E-state index contributed by atoms with van der Waals surface area (Å²) in [5, 5.41) is 9.42. The van der Waals surface area contributed by atoms with Gasteiger partial charge in [-0.15, -0.1) is 0 Å². The topological polar surface area (TPSA) is 33.1 Å². The van der Waals surface area contributed by atoms with Crippen molar-refractivity contribution in [3.05, 3.63) is 35.9 Å². The summed E-state index contributed by atoms with van der Waals surface area (Å²) in [7, 11) is 0. The number of halogens is 1. The van der Waals surface area contributed by atoms with Crippen LogP contribution in [0.2, 0.25) is 0 Å². The van der Waals surface area contributed by atoms with E-state index < -0.39 is 0 Å². The van der Waals surface area contributed by atoms with E-state index in [1.165, 1.54) is 12.3 Å². The van der Waals surface area contributed by atoms with Crippen molar-refractivity contribution in [2.24, 2.45) is 0 Å². The first-order chi connectivity index (χ1) is 6.75. The van der Waals surface area contributed by atoms with Gasteiger partial charge in [0.2, 0.25) is 0 Å². The lowest BCUT2D eigenvalue weighted by Gasteiger charge is -2.16. The molecule has 0 bridgehead atoms. The lowest BCUT2D eigenvalue weighted by atomic mass is 9.93. The molecule has 1 unspecified atom stereocenters. The summed E-state index contributed by atoms with van der Waals surface area (Å²) >= 11 is 0. The number of hydrogen-bond acceptors (Lipinski definition) is 2. The van der Waals surface area contributed by atoms with Gasteiger partial charge in [0.15, 0.2) is 0 Å². The molecule has 1 aliphatic carbocycles. The van der Waals surface area contributed by atoms with Gasteiger partial charge in [-0.2, -0.15) is 0 Å². The molecular weight excluding hydrogens is 181 g/mol. The first-order valence-corrected chi connectivity index (χ1v) is 4.75. The monoisotopic (exact) mass is 193 g/mol. The van der Waals surface area contributed by atoms with Crippen molar-refractivity contribution >= 4 is 5.57 Å². The molecule has 0 radical (unpaired) electrons. The van der Waals surface area contributed by atoms with Crippen molar-refractivity contribution in [2.75, 3.05) is 0 Å². The molecule has 0 saturated heterocycles. The maximum atomic E-state index is 12.9. The molecule has 0 amide bonds. The molecule has 1 aliphatic rings. The van der Waals surface area contributed by atoms with E-state index in [4.69, 9.17) is 0 Å². The Bertz CT molecular complexity index is 362. The predicted molar refractivity (Wildman–Crippen MR) is 52.0 cm³/mol. The third-order valence-electron chi connectivity index (χ3n) is 2.42. The van der Waals surface area contributed by atoms with Crippen LogP contribution in [0.3, 0.4) is 0 Å². The number of aliphatic hydroxyl groups excluding tert-OH is 1. The fraction of sp³-hybridized carbons (Fsp3) is 0.364. The lowest BCUT2D eigenvalue weighted by molar-refractivity contribution is 0.206. The molecule has 1 heterocycles. The average molecular weight is 193 g/mol. The van der Waals surface area contributed by atoms with Crippen LogP contribution in [0.15, 0.2) is 24.5 Å². The van der Waals surface area contributed by atoms with Crippen LogP contribution in [0.4, 0.5) is 4.39 Å². The Morgan fingerprint density at radius 3 is 3.00 bits per heavy atom. The van der Waals surface area contributed by atoms with Crippen molar-refractivity contribution in [1.82, 2.24) is 4.98 Å². The van der Waals surface area contributed by atoms with Crippen LogP contribution in [0.1, 0.15) is 24.8 Å². The zero-order valence-corrected chi connectivity index (χ0v) is 7.78. The van der Waals surface area contributed by atoms with Gasteiger partial charge < -0.3 is 5.11 Å². The summed E-state index contributed by atoms with van der Waals surface area (Å²) in [5.74, 6) is -0.330. The first-order valence-electron chi connectivity index (χ1n) is 4.75. The molecule has 0 fully saturated rings. The Kier molecular flexibility index (Phi) is 2.59. The van der Waals surface area contributed by atoms with E-state index in [1.54, 1.807) is 12.3 Å². The van der Waals surface area contributed by atoms with Crippen LogP contribution in [0, 0.1) is 5.82 Å². The lowest BCUT2D eigenvalue weighted by Crippen LogP contribution is -2.08. The van der Waals surface area contributed by atoms with E-state index >= 15 is 0 Å². The molecule has 1 aromatic rings. The molecule has 14 heavy (non-hydrogen) atoms. The second-order valence-electron chi connectivity index (χ2n) is 3.54. The third-order valence-corrected chi connectivity index (χ3v) is 2.42. The second kappa shape index (κ2) is 3.88. The normalized spacial score (nSPS) is 21.9. The van der Waals surface area contributed by atoms with Crippen LogP contribution in [0.5, 0.6) is 0 Å². The Labute approximate surface area is 82.1 Å². The first kappa shape index (κ1) is 9.34. The number of allylic oxidation sites excluding steroid dienone is 1. The summed E-state index contributed by atoms with van der Waals surface area (Å²) in [5.41, 5.74) is 1.78. The largest absolute Gasteiger partial charge is 0.389 e. The van der Waals surface area contributed by atoms with Gasteiger partial charge in [0.25, 0.3) is 0 Å². The van der Waals surface area contributed by atoms with Gasteiger partial charge in [-0.05, 0) is 36.5 Å². The summed E-state index contributed by atoms with van der Waals surface area (Å²) in [6, 6.07) is 1.46. The van der Waals surface area contributed by atoms with E-state index in [-0.39, 0.29) is 11.9 Å². The predicted octanol–water partition coefficient (Wildman–Crippen LogP) is 2.15. The van der Waals surface area contributed by atoms with Gasteiger partial charge >= 0.3 is 0 Å². The summed E-state index contributed by atoms with van der Waals surface area (Å²) in [6.45, 7) is 0. The molecule has 2 nitrogen and oxygen atoms in total. The standard InChI is InChI=1S/C11H12FNO/c12-10-4-9(6-13-7-10)8-2-1-3-11(14)5-8/h4-7,11,14H,1-3H2. The summed E-state index contributed by atoms with van der Waals surface area (Å²) in [4.78, 5) is 3.79. The van der Waals surface area contributed by atoms with Crippen LogP contribution < -0.4 is 0 Å². The molecule has 0 spiro atoms. The van der Waals surface area contributed by atoms with Gasteiger partial charge in [-0.25, -0.2) is 4.39 Å². The summed E-state index contributed by atoms with van der Waals surface area (Å²) in [6.07, 6.45) is 6.86. The molecule has 0 aromatic carbocycles. The van der Waals surface area contributed by atoms with Crippen LogP contribution >= 0.6 is 0 Å². The fourth-order valence-corrected chi connectivity index (χ4v) is 1.73. The Morgan fingerprint density at radius 2 is 2.29 bits per heavy atom. The van der Waals surface area contributed by atoms with Gasteiger partial charge in [0.1, 0.15) is 5.82 Å². The van der Waals surface area contributed by atoms with Gasteiger partial charge in [0.05, 0.1) is 12.3 Å². The molecular formula is C11H12FNO. The molecule has 1 N–H and O–H groups in total. The number of pyridine rings is 1. The quantitative estimate of drug-likeness (QED) is 0.741. The van der Waals surface area contributed by atoms with Crippen molar-refractivity contribution in [3.63, 3.8) is 0 Å². The Morgan fingerprint density at radius 1 is 1.43 bits per heavy atom. The SMILES string of the molecule is OC1C=C(c2cncc(F)c2)CCC1. The van der Waals surface area contributed by atoms with Gasteiger partial charge in [0, 0.05) is 6.20 Å². The van der Waals surface area contributed by atoms with E-state index in [0.29, 0.717) is 0 Å². The Hall–Kier alpha value is -1.22. The molecule has 3 heteroatoms. The van der Waals surface area contributed by atoms with Crippen LogP contribution in [-0.2, 0) is 0 Å². The van der Waals surface area contributed by atoms with Gasteiger partial charge in [-0.1, -0.05) is 6.08 Å². The zero-order valence-electron chi connectivity index (χ0n) is 7.78. The molecule has 0 aliphatic heterocycles. The minimum Gasteiger partial charge on any atom is -0.389 e. The molecule has 74 valence electrons. The van der Waals surface area contributed by atoms with Crippen molar-refractivity contribution in [1.29, 1.82) is 0 Å². The number of aliphatic hydroxyl groups is 1. The van der Waals surface area contributed by atoms with Gasteiger partial charge in [-0.3, -0.25) is 4.98 Å². The number of hydrogen-bond donors (Lipinski definition) is 1. The average Bonchev–Trinajstić information content (AvgIpc) is 2.18. The minimum absolute atomic E-state index is 0.330. The second-order valence-corrected chi connectivity index (χ2v) is 3.54. The van der Waals surface area contributed by atoms with Crippen LogP contribution in [0.25, 0.3) is 5.57 Å². The van der Waals surface area contributed by atoms with E-state index in [0.717, 1.165) is 30.4 Å². The van der Waals surface area contributed by atoms with E-state index in [9.17, 15) is 9.50 Å². The zero-order chi connectivity index (χ0) is 9.97. The highest BCUT2D eigenvalue weighted by molar-refractivity contribution is 5.66. The third kappa shape index (κ3) is 1.99. The molecule has 0 saturated carbocycles. The fourth-order valence-electron chi connectivity index (χ4n) is 1.73. The molecule has 1 aromatic heterocycles. The molecule has 1 atom stereocenters. The van der Waals surface area contributed by atoms with Crippen molar-refractivity contribution in [3.8, 4) is 0 Å². The number of rotatable bonds is 1. The molecule has 2 rings (SSSR count).